The standard InChI is InChI=1S/C11H19N5O3.C7H6O/c1-7(2)5-6-8(17)12-11(3,10(18)19)9-13-15-16(4)14-9;1-2-6-4-7(3-1)8-5-6/h7H,5-6H2,1-4H3,(H,12,17)(H,18,19);1-4H,5H2. The Bertz CT molecular complexity index is 785. The van der Waals surface area contributed by atoms with E-state index in [0.717, 1.165) is 17.2 Å². The van der Waals surface area contributed by atoms with Crippen molar-refractivity contribution < 1.29 is 19.4 Å². The third kappa shape index (κ3) is 5.50. The Kier molecular flexibility index (Phi) is 6.49. The smallest absolute Gasteiger partial charge is 0.337 e. The molecule has 1 aliphatic rings. The number of nitrogens with zero attached hydrogens (tertiary/aromatic N) is 4. The minimum Gasteiger partial charge on any atom is -0.489 e. The van der Waals surface area contributed by atoms with Crippen LogP contribution in [0.5, 0.6) is 5.75 Å². The van der Waals surface area contributed by atoms with Crippen LogP contribution in [0, 0.1) is 5.92 Å². The van der Waals surface area contributed by atoms with E-state index in [4.69, 9.17) is 4.74 Å². The highest BCUT2D eigenvalue weighted by molar-refractivity contribution is 5.86. The van der Waals surface area contributed by atoms with Gasteiger partial charge in [-0.05, 0) is 42.2 Å². The highest BCUT2D eigenvalue weighted by Crippen LogP contribution is 2.21. The second-order valence-electron chi connectivity index (χ2n) is 6.95. The number of tetrazole rings is 1. The average molecular weight is 375 g/mol. The predicted octanol–water partition coefficient (Wildman–Crippen LogP) is 1.64. The predicted molar refractivity (Wildman–Crippen MR) is 96.8 cm³/mol. The summed E-state index contributed by atoms with van der Waals surface area (Å²) in [6, 6.07) is 8.10. The SMILES string of the molecule is CC(C)CCC(=O)NC(C)(C(=O)O)c1nnn(C)n1.c1cc2cc(c1)OC2. The van der Waals surface area contributed by atoms with Crippen LogP contribution in [0.3, 0.4) is 0 Å². The van der Waals surface area contributed by atoms with Crippen molar-refractivity contribution in [3.05, 3.63) is 35.7 Å². The van der Waals surface area contributed by atoms with Crippen molar-refractivity contribution in [1.82, 2.24) is 25.5 Å². The lowest BCUT2D eigenvalue weighted by Gasteiger charge is -2.22. The minimum absolute atomic E-state index is 0.0413. The fourth-order valence-electron chi connectivity index (χ4n) is 2.34. The molecule has 1 aromatic carbocycles. The monoisotopic (exact) mass is 375 g/mol. The molecule has 1 atom stereocenters. The summed E-state index contributed by atoms with van der Waals surface area (Å²) >= 11 is 0. The third-order valence-corrected chi connectivity index (χ3v) is 4.03. The van der Waals surface area contributed by atoms with E-state index in [1.807, 2.05) is 26.0 Å². The number of ether oxygens (including phenoxy) is 1. The normalized spacial score (nSPS) is 14.0. The molecule has 2 aromatic rings. The molecule has 0 saturated heterocycles. The van der Waals surface area contributed by atoms with Crippen molar-refractivity contribution in [3.63, 3.8) is 0 Å². The molecule has 1 aromatic heterocycles. The Morgan fingerprint density at radius 1 is 1.41 bits per heavy atom. The van der Waals surface area contributed by atoms with Crippen LogP contribution in [0.25, 0.3) is 0 Å². The summed E-state index contributed by atoms with van der Waals surface area (Å²) in [6.45, 7) is 6.10. The Labute approximate surface area is 157 Å². The number of aryl methyl sites for hydroxylation is 1. The number of hydrogen-bond acceptors (Lipinski definition) is 6. The highest BCUT2D eigenvalue weighted by atomic mass is 16.5. The molecule has 1 unspecified atom stereocenters. The van der Waals surface area contributed by atoms with Gasteiger partial charge in [0, 0.05) is 6.42 Å². The van der Waals surface area contributed by atoms with E-state index in [1.165, 1.54) is 19.5 Å². The fraction of sp³-hybridized carbons (Fsp3) is 0.500. The van der Waals surface area contributed by atoms with Crippen molar-refractivity contribution in [2.75, 3.05) is 0 Å². The first-order valence-corrected chi connectivity index (χ1v) is 8.71. The first kappa shape index (κ1) is 20.3. The highest BCUT2D eigenvalue weighted by Gasteiger charge is 2.41. The molecule has 0 aliphatic carbocycles. The summed E-state index contributed by atoms with van der Waals surface area (Å²) in [4.78, 5) is 24.3. The van der Waals surface area contributed by atoms with E-state index in [2.05, 4.69) is 32.9 Å². The first-order chi connectivity index (χ1) is 12.7. The number of amides is 1. The molecule has 1 amide bonds. The molecule has 2 N–H and O–H groups in total. The molecule has 0 fully saturated rings. The van der Waals surface area contributed by atoms with Crippen LogP contribution < -0.4 is 10.1 Å². The van der Waals surface area contributed by atoms with Gasteiger partial charge in [-0.3, -0.25) is 4.79 Å². The van der Waals surface area contributed by atoms with Crippen LogP contribution in [0.4, 0.5) is 0 Å². The summed E-state index contributed by atoms with van der Waals surface area (Å²) in [5.41, 5.74) is -0.384. The lowest BCUT2D eigenvalue weighted by Crippen LogP contribution is -2.50. The zero-order valence-electron chi connectivity index (χ0n) is 16.0. The van der Waals surface area contributed by atoms with Gasteiger partial charge < -0.3 is 15.2 Å². The number of hydrogen-bond donors (Lipinski definition) is 2. The number of aromatic nitrogens is 4. The van der Waals surface area contributed by atoms with E-state index in [1.54, 1.807) is 0 Å². The van der Waals surface area contributed by atoms with E-state index in [-0.39, 0.29) is 18.2 Å². The van der Waals surface area contributed by atoms with Crippen molar-refractivity contribution in [3.8, 4) is 5.75 Å². The van der Waals surface area contributed by atoms with Crippen molar-refractivity contribution in [1.29, 1.82) is 0 Å². The Morgan fingerprint density at radius 2 is 2.15 bits per heavy atom. The van der Waals surface area contributed by atoms with Crippen LogP contribution in [-0.2, 0) is 28.8 Å². The number of aliphatic carboxylic acids is 1. The maximum atomic E-state index is 11.8. The molecule has 146 valence electrons. The number of fused-ring (bicyclic) bond motifs is 2. The molecular weight excluding hydrogens is 350 g/mol. The van der Waals surface area contributed by atoms with Gasteiger partial charge in [0.2, 0.25) is 11.7 Å². The van der Waals surface area contributed by atoms with Gasteiger partial charge in [-0.15, -0.1) is 10.2 Å². The average Bonchev–Trinajstić information content (AvgIpc) is 3.19. The molecule has 0 radical (unpaired) electrons. The number of carbonyl (C=O) groups is 2. The Balaban J connectivity index is 0.000000266. The zero-order chi connectivity index (χ0) is 20.0. The number of carbonyl (C=O) groups excluding carboxylic acids is 1. The van der Waals surface area contributed by atoms with Gasteiger partial charge in [0.1, 0.15) is 12.4 Å². The third-order valence-electron chi connectivity index (χ3n) is 4.03. The van der Waals surface area contributed by atoms with Gasteiger partial charge in [-0.25, -0.2) is 4.79 Å². The molecule has 27 heavy (non-hydrogen) atoms. The molecular formula is C18H25N5O4. The molecule has 9 nitrogen and oxygen atoms in total. The van der Waals surface area contributed by atoms with E-state index >= 15 is 0 Å². The summed E-state index contributed by atoms with van der Waals surface area (Å²) in [7, 11) is 1.53. The van der Waals surface area contributed by atoms with Crippen LogP contribution in [0.1, 0.15) is 45.0 Å². The number of carboxylic acid groups (broad SMARTS) is 1. The van der Waals surface area contributed by atoms with Crippen molar-refractivity contribution in [2.45, 2.75) is 45.8 Å². The van der Waals surface area contributed by atoms with Crippen LogP contribution >= 0.6 is 0 Å². The van der Waals surface area contributed by atoms with Gasteiger partial charge in [0.25, 0.3) is 0 Å². The summed E-state index contributed by atoms with van der Waals surface area (Å²) in [5, 5.41) is 22.9. The van der Waals surface area contributed by atoms with Crippen molar-refractivity contribution >= 4 is 11.9 Å². The van der Waals surface area contributed by atoms with Gasteiger partial charge >= 0.3 is 5.97 Å². The number of rotatable bonds is 6. The maximum absolute atomic E-state index is 11.8. The molecule has 2 bridgehead atoms. The molecule has 0 spiro atoms. The van der Waals surface area contributed by atoms with E-state index in [9.17, 15) is 14.7 Å². The van der Waals surface area contributed by atoms with E-state index in [0.29, 0.717) is 12.3 Å². The minimum atomic E-state index is -1.66. The van der Waals surface area contributed by atoms with Crippen LogP contribution in [-0.4, -0.2) is 37.2 Å². The molecule has 2 heterocycles. The maximum Gasteiger partial charge on any atom is 0.337 e. The van der Waals surface area contributed by atoms with Gasteiger partial charge in [0.15, 0.2) is 5.54 Å². The quantitative estimate of drug-likeness (QED) is 0.787. The number of nitrogens with one attached hydrogen (secondary N) is 1. The summed E-state index contributed by atoms with van der Waals surface area (Å²) in [6.07, 6.45) is 0.955. The Morgan fingerprint density at radius 3 is 2.67 bits per heavy atom. The topological polar surface area (TPSA) is 119 Å². The van der Waals surface area contributed by atoms with Crippen LogP contribution in [0.15, 0.2) is 24.3 Å². The van der Waals surface area contributed by atoms with Crippen LogP contribution in [0.2, 0.25) is 0 Å². The summed E-state index contributed by atoms with van der Waals surface area (Å²) < 4.78 is 5.18. The second kappa shape index (κ2) is 8.61. The molecule has 1 aliphatic heterocycles. The van der Waals surface area contributed by atoms with Gasteiger partial charge in [-0.2, -0.15) is 4.80 Å². The van der Waals surface area contributed by atoms with Crippen molar-refractivity contribution in [2.24, 2.45) is 13.0 Å². The fourth-order valence-corrected chi connectivity index (χ4v) is 2.34. The van der Waals surface area contributed by atoms with Gasteiger partial charge in [-0.1, -0.05) is 26.0 Å². The second-order valence-corrected chi connectivity index (χ2v) is 6.95. The number of carboxylic acids is 1. The Hall–Kier alpha value is -2.97. The lowest BCUT2D eigenvalue weighted by molar-refractivity contribution is -0.147. The molecule has 0 saturated carbocycles. The summed E-state index contributed by atoms with van der Waals surface area (Å²) in [5.74, 6) is -0.233. The zero-order valence-corrected chi connectivity index (χ0v) is 16.0. The molecule has 3 rings (SSSR count). The lowest BCUT2D eigenvalue weighted by atomic mass is 10.0. The first-order valence-electron chi connectivity index (χ1n) is 8.71. The largest absolute Gasteiger partial charge is 0.489 e. The number of benzene rings is 1. The molecule has 9 heteroatoms. The van der Waals surface area contributed by atoms with E-state index < -0.39 is 11.5 Å². The van der Waals surface area contributed by atoms with Gasteiger partial charge in [0.05, 0.1) is 7.05 Å².